The highest BCUT2D eigenvalue weighted by molar-refractivity contribution is 6.23. The quantitative estimate of drug-likeness (QED) is 0.610. The highest BCUT2D eigenvalue weighted by Crippen LogP contribution is 2.33. The van der Waals surface area contributed by atoms with Gasteiger partial charge in [0.1, 0.15) is 5.82 Å². The van der Waals surface area contributed by atoms with Gasteiger partial charge in [-0.2, -0.15) is 0 Å². The Balaban J connectivity index is 1.44. The van der Waals surface area contributed by atoms with Crippen LogP contribution in [0.1, 0.15) is 39.1 Å². The average molecular weight is 467 g/mol. The lowest BCUT2D eigenvalue weighted by Gasteiger charge is -2.36. The van der Waals surface area contributed by atoms with Gasteiger partial charge in [-0.15, -0.1) is 0 Å². The monoisotopic (exact) mass is 466 g/mol. The third kappa shape index (κ3) is 4.64. The predicted octanol–water partition coefficient (Wildman–Crippen LogP) is 2.14. The summed E-state index contributed by atoms with van der Waals surface area (Å²) in [6, 6.07) is 11.0. The van der Waals surface area contributed by atoms with E-state index in [1.54, 1.807) is 43.3 Å². The number of rotatable bonds is 6. The first-order valence-corrected chi connectivity index (χ1v) is 11.2. The summed E-state index contributed by atoms with van der Waals surface area (Å²) in [5.74, 6) is -1.38. The van der Waals surface area contributed by atoms with Gasteiger partial charge in [-0.3, -0.25) is 24.1 Å². The van der Waals surface area contributed by atoms with E-state index >= 15 is 0 Å². The fourth-order valence-corrected chi connectivity index (χ4v) is 4.33. The molecule has 2 aromatic rings. The van der Waals surface area contributed by atoms with Crippen molar-refractivity contribution in [1.29, 1.82) is 0 Å². The zero-order chi connectivity index (χ0) is 24.4. The van der Waals surface area contributed by atoms with Gasteiger partial charge in [0.15, 0.2) is 0 Å². The Bertz CT molecular complexity index is 1140. The molecule has 4 amide bonds. The summed E-state index contributed by atoms with van der Waals surface area (Å²) in [7, 11) is 3.32. The normalized spacial score (nSPS) is 15.6. The maximum Gasteiger partial charge on any atom is 0.263 e. The molecule has 2 heterocycles. The van der Waals surface area contributed by atoms with E-state index in [1.807, 2.05) is 11.0 Å². The van der Waals surface area contributed by atoms with Crippen molar-refractivity contribution in [2.24, 2.45) is 0 Å². The molecule has 9 heteroatoms. The lowest BCUT2D eigenvalue weighted by Crippen LogP contribution is -2.49. The molecule has 0 atom stereocenters. The molecule has 0 N–H and O–H groups in total. The van der Waals surface area contributed by atoms with Gasteiger partial charge < -0.3 is 14.7 Å². The number of hydrogen-bond acceptors (Lipinski definition) is 5. The zero-order valence-corrected chi connectivity index (χ0v) is 19.3. The van der Waals surface area contributed by atoms with Gasteiger partial charge in [0.2, 0.25) is 11.8 Å². The Morgan fingerprint density at radius 3 is 2.32 bits per heavy atom. The van der Waals surface area contributed by atoms with E-state index in [4.69, 9.17) is 0 Å². The van der Waals surface area contributed by atoms with Crippen LogP contribution < -0.4 is 4.90 Å². The SMILES string of the molecule is CN(C)C(=O)CCC(=O)N1CCN(c2cccc3c2C(=O)N(Cc2cccc(F)c2)C3=O)CC1. The fourth-order valence-electron chi connectivity index (χ4n) is 4.33. The highest BCUT2D eigenvalue weighted by atomic mass is 19.1. The van der Waals surface area contributed by atoms with E-state index in [0.717, 1.165) is 4.90 Å². The molecule has 0 aliphatic carbocycles. The second-order valence-electron chi connectivity index (χ2n) is 8.68. The standard InChI is InChI=1S/C25H27FN4O4/c1-27(2)21(31)9-10-22(32)29-13-11-28(12-14-29)20-8-4-7-19-23(20)25(34)30(24(19)33)16-17-5-3-6-18(26)15-17/h3-8,15H,9-14,16H2,1-2H3. The molecule has 1 fully saturated rings. The predicted molar refractivity (Wildman–Crippen MR) is 124 cm³/mol. The Kier molecular flexibility index (Phi) is 6.63. The third-order valence-electron chi connectivity index (χ3n) is 6.23. The van der Waals surface area contributed by atoms with E-state index in [1.165, 1.54) is 17.0 Å². The summed E-state index contributed by atoms with van der Waals surface area (Å²) in [6.07, 6.45) is 0.343. The Morgan fingerprint density at radius 2 is 1.65 bits per heavy atom. The molecule has 2 aliphatic rings. The van der Waals surface area contributed by atoms with Crippen LogP contribution in [0, 0.1) is 5.82 Å². The van der Waals surface area contributed by atoms with Crippen LogP contribution in [0.4, 0.5) is 10.1 Å². The van der Waals surface area contributed by atoms with Crippen LogP contribution in [0.25, 0.3) is 0 Å². The summed E-state index contributed by atoms with van der Waals surface area (Å²) in [6.45, 7) is 1.95. The first kappa shape index (κ1) is 23.4. The summed E-state index contributed by atoms with van der Waals surface area (Å²) in [5, 5.41) is 0. The number of piperazine rings is 1. The Hall–Kier alpha value is -3.75. The number of benzene rings is 2. The Labute approximate surface area is 197 Å². The molecular weight excluding hydrogens is 439 g/mol. The number of imide groups is 1. The van der Waals surface area contributed by atoms with Gasteiger partial charge >= 0.3 is 0 Å². The molecule has 0 radical (unpaired) electrons. The van der Waals surface area contributed by atoms with Crippen molar-refractivity contribution in [2.45, 2.75) is 19.4 Å². The molecule has 2 aliphatic heterocycles. The van der Waals surface area contributed by atoms with Crippen molar-refractivity contribution in [1.82, 2.24) is 14.7 Å². The number of nitrogens with zero attached hydrogens (tertiary/aromatic N) is 4. The molecule has 0 bridgehead atoms. The van der Waals surface area contributed by atoms with Gasteiger partial charge in [0.05, 0.1) is 23.4 Å². The molecular formula is C25H27FN4O4. The van der Waals surface area contributed by atoms with Crippen LogP contribution in [0.2, 0.25) is 0 Å². The van der Waals surface area contributed by atoms with E-state index in [-0.39, 0.29) is 31.2 Å². The smallest absolute Gasteiger partial charge is 0.263 e. The lowest BCUT2D eigenvalue weighted by molar-refractivity contribution is -0.136. The van der Waals surface area contributed by atoms with Crippen LogP contribution in [0.5, 0.6) is 0 Å². The summed E-state index contributed by atoms with van der Waals surface area (Å²) in [4.78, 5) is 56.8. The third-order valence-corrected chi connectivity index (χ3v) is 6.23. The van der Waals surface area contributed by atoms with Crippen molar-refractivity contribution in [3.8, 4) is 0 Å². The Morgan fingerprint density at radius 1 is 0.941 bits per heavy atom. The summed E-state index contributed by atoms with van der Waals surface area (Å²) < 4.78 is 13.6. The number of halogens is 1. The maximum absolute atomic E-state index is 13.6. The first-order valence-electron chi connectivity index (χ1n) is 11.2. The van der Waals surface area contributed by atoms with Crippen molar-refractivity contribution >= 4 is 29.3 Å². The van der Waals surface area contributed by atoms with Crippen molar-refractivity contribution in [3.05, 3.63) is 65.0 Å². The van der Waals surface area contributed by atoms with Crippen molar-refractivity contribution < 1.29 is 23.6 Å². The van der Waals surface area contributed by atoms with E-state index in [2.05, 4.69) is 0 Å². The van der Waals surface area contributed by atoms with Crippen LogP contribution in [-0.4, -0.2) is 78.6 Å². The van der Waals surface area contributed by atoms with Gasteiger partial charge in [0.25, 0.3) is 11.8 Å². The largest absolute Gasteiger partial charge is 0.367 e. The highest BCUT2D eigenvalue weighted by Gasteiger charge is 2.39. The average Bonchev–Trinajstić information content (AvgIpc) is 3.07. The van der Waals surface area contributed by atoms with Gasteiger partial charge in [-0.25, -0.2) is 4.39 Å². The van der Waals surface area contributed by atoms with E-state index in [9.17, 15) is 23.6 Å². The molecule has 0 saturated carbocycles. The molecule has 4 rings (SSSR count). The minimum atomic E-state index is -0.423. The van der Waals surface area contributed by atoms with Crippen LogP contribution in [0.15, 0.2) is 42.5 Å². The van der Waals surface area contributed by atoms with E-state index in [0.29, 0.717) is 48.6 Å². The van der Waals surface area contributed by atoms with Crippen LogP contribution >= 0.6 is 0 Å². The minimum Gasteiger partial charge on any atom is -0.367 e. The maximum atomic E-state index is 13.6. The molecule has 1 saturated heterocycles. The number of carbonyl (C=O) groups excluding carboxylic acids is 4. The minimum absolute atomic E-state index is 0.00249. The number of hydrogen-bond donors (Lipinski definition) is 0. The number of carbonyl (C=O) groups is 4. The molecule has 0 unspecified atom stereocenters. The summed E-state index contributed by atoms with van der Waals surface area (Å²) in [5.41, 5.74) is 1.88. The van der Waals surface area contributed by atoms with Crippen LogP contribution in [-0.2, 0) is 16.1 Å². The number of anilines is 1. The van der Waals surface area contributed by atoms with Gasteiger partial charge in [-0.05, 0) is 29.8 Å². The van der Waals surface area contributed by atoms with Crippen molar-refractivity contribution in [3.63, 3.8) is 0 Å². The zero-order valence-electron chi connectivity index (χ0n) is 19.3. The number of amides is 4. The van der Waals surface area contributed by atoms with Crippen molar-refractivity contribution in [2.75, 3.05) is 45.2 Å². The number of fused-ring (bicyclic) bond motifs is 1. The molecule has 8 nitrogen and oxygen atoms in total. The molecule has 34 heavy (non-hydrogen) atoms. The van der Waals surface area contributed by atoms with E-state index < -0.39 is 17.6 Å². The first-order chi connectivity index (χ1) is 16.3. The molecule has 0 spiro atoms. The lowest BCUT2D eigenvalue weighted by atomic mass is 10.1. The second kappa shape index (κ2) is 9.62. The molecule has 2 aromatic carbocycles. The summed E-state index contributed by atoms with van der Waals surface area (Å²) >= 11 is 0. The molecule has 0 aromatic heterocycles. The molecule has 178 valence electrons. The fraction of sp³-hybridized carbons (Fsp3) is 0.360. The second-order valence-corrected chi connectivity index (χ2v) is 8.68. The topological polar surface area (TPSA) is 81.2 Å². The van der Waals surface area contributed by atoms with Crippen LogP contribution in [0.3, 0.4) is 0 Å². The van der Waals surface area contributed by atoms with Gasteiger partial charge in [0, 0.05) is 53.1 Å². The van der Waals surface area contributed by atoms with Gasteiger partial charge in [-0.1, -0.05) is 18.2 Å².